The summed E-state index contributed by atoms with van der Waals surface area (Å²) in [6, 6.07) is 4.03. The van der Waals surface area contributed by atoms with Crippen LogP contribution in [0.5, 0.6) is 0 Å². The van der Waals surface area contributed by atoms with Crippen LogP contribution in [0, 0.1) is 12.8 Å². The van der Waals surface area contributed by atoms with Crippen LogP contribution in [-0.2, 0) is 22.6 Å². The van der Waals surface area contributed by atoms with Gasteiger partial charge in [0.25, 0.3) is 0 Å². The van der Waals surface area contributed by atoms with Crippen LogP contribution >= 0.6 is 11.3 Å². The zero-order valence-corrected chi connectivity index (χ0v) is 16.9. The van der Waals surface area contributed by atoms with Gasteiger partial charge in [0.05, 0.1) is 18.8 Å². The molecule has 0 N–H and O–H groups in total. The normalized spacial score (nSPS) is 22.5. The van der Waals surface area contributed by atoms with E-state index in [9.17, 15) is 0 Å². The van der Waals surface area contributed by atoms with Gasteiger partial charge in [-0.25, -0.2) is 4.98 Å². The molecule has 0 aromatic carbocycles. The smallest absolute Gasteiger partial charge is 0.107 e. The van der Waals surface area contributed by atoms with Gasteiger partial charge in [-0.05, 0) is 56.2 Å². The summed E-state index contributed by atoms with van der Waals surface area (Å²) >= 11 is 1.77. The van der Waals surface area contributed by atoms with Crippen LogP contribution in [0.2, 0.25) is 0 Å². The number of hydrogen-bond donors (Lipinski definition) is 0. The lowest BCUT2D eigenvalue weighted by molar-refractivity contribution is -0.0733. The summed E-state index contributed by atoms with van der Waals surface area (Å²) in [7, 11) is 0. The Kier molecular flexibility index (Phi) is 6.18. The maximum Gasteiger partial charge on any atom is 0.107 e. The SMILES string of the molecule is Cc1csc(CN2CCC3(CC2)OCC[C@@H]3CCOCc2ccncc2)n1. The van der Waals surface area contributed by atoms with Crippen molar-refractivity contribution in [3.63, 3.8) is 0 Å². The highest BCUT2D eigenvalue weighted by molar-refractivity contribution is 7.09. The Morgan fingerprint density at radius 1 is 1.30 bits per heavy atom. The molecule has 146 valence electrons. The highest BCUT2D eigenvalue weighted by Crippen LogP contribution is 2.42. The fourth-order valence-electron chi connectivity index (χ4n) is 4.40. The first-order valence-corrected chi connectivity index (χ1v) is 10.9. The van der Waals surface area contributed by atoms with Gasteiger partial charge in [-0.15, -0.1) is 11.3 Å². The molecule has 2 aromatic heterocycles. The van der Waals surface area contributed by atoms with Crippen LogP contribution in [0.3, 0.4) is 0 Å². The Morgan fingerprint density at radius 2 is 2.11 bits per heavy atom. The summed E-state index contributed by atoms with van der Waals surface area (Å²) < 4.78 is 12.2. The zero-order chi connectivity index (χ0) is 18.5. The third-order valence-corrected chi connectivity index (χ3v) is 6.91. The number of ether oxygens (including phenoxy) is 2. The Bertz CT molecular complexity index is 713. The van der Waals surface area contributed by atoms with E-state index in [1.807, 2.05) is 24.5 Å². The summed E-state index contributed by atoms with van der Waals surface area (Å²) in [5, 5.41) is 3.37. The second-order valence-electron chi connectivity index (χ2n) is 7.75. The minimum atomic E-state index is 0.0787. The predicted octanol–water partition coefficient (Wildman–Crippen LogP) is 3.82. The number of piperidine rings is 1. The first kappa shape index (κ1) is 19.0. The lowest BCUT2D eigenvalue weighted by atomic mass is 9.78. The number of hydrogen-bond acceptors (Lipinski definition) is 6. The second-order valence-corrected chi connectivity index (χ2v) is 8.70. The van der Waals surface area contributed by atoms with Crippen LogP contribution in [0.25, 0.3) is 0 Å². The van der Waals surface area contributed by atoms with E-state index < -0.39 is 0 Å². The highest BCUT2D eigenvalue weighted by atomic mass is 32.1. The van der Waals surface area contributed by atoms with Crippen molar-refractivity contribution in [1.82, 2.24) is 14.9 Å². The van der Waals surface area contributed by atoms with Crippen molar-refractivity contribution in [1.29, 1.82) is 0 Å². The van der Waals surface area contributed by atoms with Crippen molar-refractivity contribution in [3.8, 4) is 0 Å². The summed E-state index contributed by atoms with van der Waals surface area (Å²) in [4.78, 5) is 11.2. The Balaban J connectivity index is 1.23. The van der Waals surface area contributed by atoms with Crippen LogP contribution in [-0.4, -0.2) is 46.8 Å². The number of likely N-dealkylation sites (tertiary alicyclic amines) is 1. The molecule has 5 nitrogen and oxygen atoms in total. The van der Waals surface area contributed by atoms with Gasteiger partial charge >= 0.3 is 0 Å². The third kappa shape index (κ3) is 4.74. The van der Waals surface area contributed by atoms with Crippen molar-refractivity contribution < 1.29 is 9.47 Å². The summed E-state index contributed by atoms with van der Waals surface area (Å²) in [6.07, 6.45) is 8.17. The lowest BCUT2D eigenvalue weighted by Gasteiger charge is -2.42. The molecule has 0 amide bonds. The van der Waals surface area contributed by atoms with Crippen LogP contribution in [0.15, 0.2) is 29.9 Å². The molecule has 1 atom stereocenters. The van der Waals surface area contributed by atoms with E-state index in [1.54, 1.807) is 11.3 Å². The molecule has 2 aliphatic heterocycles. The Morgan fingerprint density at radius 3 is 2.85 bits per heavy atom. The third-order valence-electron chi connectivity index (χ3n) is 5.96. The summed E-state index contributed by atoms with van der Waals surface area (Å²) in [6.45, 7) is 7.64. The molecule has 0 radical (unpaired) electrons. The van der Waals surface area contributed by atoms with Gasteiger partial charge in [0, 0.05) is 49.8 Å². The number of aromatic nitrogens is 2. The minimum absolute atomic E-state index is 0.0787. The molecule has 6 heteroatoms. The maximum atomic E-state index is 6.31. The predicted molar refractivity (Wildman–Crippen MR) is 107 cm³/mol. The average Bonchev–Trinajstić information content (AvgIpc) is 3.28. The van der Waals surface area contributed by atoms with Gasteiger partial charge in [0.1, 0.15) is 5.01 Å². The first-order chi connectivity index (χ1) is 13.2. The topological polar surface area (TPSA) is 47.5 Å². The molecule has 0 bridgehead atoms. The molecule has 2 aromatic rings. The van der Waals surface area contributed by atoms with Crippen LogP contribution in [0.4, 0.5) is 0 Å². The summed E-state index contributed by atoms with van der Waals surface area (Å²) in [5.74, 6) is 0.624. The molecule has 0 aliphatic carbocycles. The summed E-state index contributed by atoms with van der Waals surface area (Å²) in [5.41, 5.74) is 2.40. The van der Waals surface area contributed by atoms with Gasteiger partial charge < -0.3 is 9.47 Å². The van der Waals surface area contributed by atoms with E-state index in [4.69, 9.17) is 9.47 Å². The van der Waals surface area contributed by atoms with E-state index >= 15 is 0 Å². The zero-order valence-electron chi connectivity index (χ0n) is 16.1. The van der Waals surface area contributed by atoms with Gasteiger partial charge in [-0.3, -0.25) is 9.88 Å². The molecule has 2 aliphatic rings. The van der Waals surface area contributed by atoms with Crippen molar-refractivity contribution >= 4 is 11.3 Å². The first-order valence-electron chi connectivity index (χ1n) is 9.97. The molecule has 4 rings (SSSR count). The monoisotopic (exact) mass is 387 g/mol. The second kappa shape index (κ2) is 8.78. The van der Waals surface area contributed by atoms with Gasteiger partial charge in [0.15, 0.2) is 0 Å². The average molecular weight is 388 g/mol. The minimum Gasteiger partial charge on any atom is -0.377 e. The van der Waals surface area contributed by atoms with E-state index in [-0.39, 0.29) is 5.60 Å². The Labute approximate surface area is 165 Å². The van der Waals surface area contributed by atoms with Crippen molar-refractivity contribution in [3.05, 3.63) is 46.2 Å². The van der Waals surface area contributed by atoms with Crippen LogP contribution in [0.1, 0.15) is 41.9 Å². The number of thiazole rings is 1. The van der Waals surface area contributed by atoms with Gasteiger partial charge in [-0.2, -0.15) is 0 Å². The van der Waals surface area contributed by atoms with Gasteiger partial charge in [0.2, 0.25) is 0 Å². The number of rotatable bonds is 7. The number of pyridine rings is 1. The molecule has 27 heavy (non-hydrogen) atoms. The van der Waals surface area contributed by atoms with Crippen molar-refractivity contribution in [2.45, 2.75) is 51.4 Å². The number of nitrogens with zero attached hydrogens (tertiary/aromatic N) is 3. The van der Waals surface area contributed by atoms with Crippen molar-refractivity contribution in [2.75, 3.05) is 26.3 Å². The fraction of sp³-hybridized carbons (Fsp3) is 0.619. The maximum absolute atomic E-state index is 6.31. The quantitative estimate of drug-likeness (QED) is 0.676. The molecule has 0 saturated carbocycles. The van der Waals surface area contributed by atoms with E-state index in [0.29, 0.717) is 12.5 Å². The molecule has 2 fully saturated rings. The molecule has 2 saturated heterocycles. The lowest BCUT2D eigenvalue weighted by Crippen LogP contribution is -2.47. The number of aryl methyl sites for hydroxylation is 1. The van der Waals surface area contributed by atoms with Crippen LogP contribution < -0.4 is 0 Å². The van der Waals surface area contributed by atoms with E-state index in [0.717, 1.165) is 57.8 Å². The van der Waals surface area contributed by atoms with E-state index in [2.05, 4.69) is 27.2 Å². The molecular formula is C21H29N3O2S. The fourth-order valence-corrected chi connectivity index (χ4v) is 5.21. The largest absolute Gasteiger partial charge is 0.377 e. The van der Waals surface area contributed by atoms with E-state index in [1.165, 1.54) is 17.0 Å². The molecular weight excluding hydrogens is 358 g/mol. The van der Waals surface area contributed by atoms with Crippen molar-refractivity contribution in [2.24, 2.45) is 5.92 Å². The van der Waals surface area contributed by atoms with Gasteiger partial charge in [-0.1, -0.05) is 0 Å². The standard InChI is InChI=1S/C21H29N3O2S/c1-17-16-27-20(23-17)14-24-10-6-21(7-11-24)19(5-13-26-21)4-12-25-15-18-2-8-22-9-3-18/h2-3,8-9,16,19H,4-7,10-15H2,1H3/t19-/m0/s1. The molecule has 0 unspecified atom stereocenters. The Hall–Kier alpha value is -1.34. The molecule has 1 spiro atoms. The highest BCUT2D eigenvalue weighted by Gasteiger charge is 2.45. The molecule has 4 heterocycles.